The van der Waals surface area contributed by atoms with Gasteiger partial charge in [0.05, 0.1) is 17.5 Å². The van der Waals surface area contributed by atoms with Crippen molar-refractivity contribution in [1.29, 1.82) is 0 Å². The highest BCUT2D eigenvalue weighted by Gasteiger charge is 2.69. The number of aliphatic hydroxyl groups is 2. The van der Waals surface area contributed by atoms with Crippen molar-refractivity contribution < 1.29 is 19.7 Å². The Balaban J connectivity index is 1.50. The van der Waals surface area contributed by atoms with Crippen molar-refractivity contribution in [2.45, 2.75) is 90.4 Å². The molecule has 0 aliphatic heterocycles. The molecule has 5 rings (SSSR count). The maximum Gasteiger partial charge on any atom is 0.303 e. The molecule has 6 nitrogen and oxygen atoms in total. The number of allylic oxidation sites excluding steroid dienone is 1. The van der Waals surface area contributed by atoms with E-state index >= 15 is 0 Å². The van der Waals surface area contributed by atoms with Gasteiger partial charge in [-0.25, -0.2) is 0 Å². The number of nitrogens with one attached hydrogen (secondary N) is 1. The second-order valence-electron chi connectivity index (χ2n) is 11.9. The summed E-state index contributed by atoms with van der Waals surface area (Å²) in [5, 5.41) is 27.3. The topological polar surface area (TPSA) is 91.2 Å². The van der Waals surface area contributed by atoms with Crippen LogP contribution >= 0.6 is 0 Å². The molecule has 1 aromatic rings. The third-order valence-corrected chi connectivity index (χ3v) is 10.3. The van der Waals surface area contributed by atoms with Crippen LogP contribution in [0.5, 0.6) is 0 Å². The molecule has 190 valence electrons. The molecular formula is C29H40N2O4. The molecule has 0 radical (unpaired) electrons. The van der Waals surface area contributed by atoms with Crippen LogP contribution < -0.4 is 5.43 Å². The predicted octanol–water partition coefficient (Wildman–Crippen LogP) is 5.07. The predicted molar refractivity (Wildman–Crippen MR) is 137 cm³/mol. The van der Waals surface area contributed by atoms with E-state index in [2.05, 4.69) is 30.5 Å². The Labute approximate surface area is 208 Å². The largest absolute Gasteiger partial charge is 0.459 e. The monoisotopic (exact) mass is 480 g/mol. The van der Waals surface area contributed by atoms with Gasteiger partial charge >= 0.3 is 5.97 Å². The van der Waals surface area contributed by atoms with Gasteiger partial charge in [0.2, 0.25) is 0 Å². The summed E-state index contributed by atoms with van der Waals surface area (Å²) in [4.78, 5) is 12.1. The van der Waals surface area contributed by atoms with Gasteiger partial charge in [-0.3, -0.25) is 10.2 Å². The number of hydrogen-bond donors (Lipinski definition) is 3. The van der Waals surface area contributed by atoms with E-state index in [-0.39, 0.29) is 23.4 Å². The number of aliphatic hydroxyl groups excluding tert-OH is 1. The fraction of sp³-hybridized carbons (Fsp3) is 0.655. The normalized spacial score (nSPS) is 42.9. The molecular weight excluding hydrogens is 440 g/mol. The third-order valence-electron chi connectivity index (χ3n) is 10.3. The zero-order valence-electron chi connectivity index (χ0n) is 21.5. The maximum atomic E-state index is 12.4. The molecule has 0 saturated heterocycles. The van der Waals surface area contributed by atoms with Gasteiger partial charge in [-0.05, 0) is 87.2 Å². The van der Waals surface area contributed by atoms with Crippen molar-refractivity contribution in [3.8, 4) is 0 Å². The first kappa shape index (κ1) is 24.5. The number of fused-ring (bicyclic) bond motifs is 5. The highest BCUT2D eigenvalue weighted by Crippen LogP contribution is 2.67. The summed E-state index contributed by atoms with van der Waals surface area (Å²) >= 11 is 0. The molecule has 4 aliphatic carbocycles. The SMILES string of the molecule is CC(=O)O[C@@H]1C[C@@H]2[C@@H]3CC=C4C[C@H](O)CC[C@]4(C)[C@@H]3CC[C@]2(C)[C@]1(O)C(C)=NNc1ccccc1. The lowest BCUT2D eigenvalue weighted by Gasteiger charge is -2.58. The Hall–Kier alpha value is -2.18. The van der Waals surface area contributed by atoms with Crippen LogP contribution in [0.2, 0.25) is 0 Å². The van der Waals surface area contributed by atoms with E-state index in [1.165, 1.54) is 12.5 Å². The van der Waals surface area contributed by atoms with Crippen LogP contribution in [-0.2, 0) is 9.53 Å². The third kappa shape index (κ3) is 3.75. The van der Waals surface area contributed by atoms with E-state index in [4.69, 9.17) is 4.74 Å². The van der Waals surface area contributed by atoms with Crippen molar-refractivity contribution >= 4 is 17.4 Å². The first-order valence-corrected chi connectivity index (χ1v) is 13.2. The summed E-state index contributed by atoms with van der Waals surface area (Å²) in [5.74, 6) is 0.793. The van der Waals surface area contributed by atoms with Crippen LogP contribution in [0, 0.1) is 28.6 Å². The van der Waals surface area contributed by atoms with E-state index in [9.17, 15) is 15.0 Å². The Morgan fingerprint density at radius 2 is 1.86 bits per heavy atom. The van der Waals surface area contributed by atoms with E-state index in [1.807, 2.05) is 37.3 Å². The van der Waals surface area contributed by atoms with Gasteiger partial charge < -0.3 is 14.9 Å². The summed E-state index contributed by atoms with van der Waals surface area (Å²) in [6, 6.07) is 9.69. The first-order chi connectivity index (χ1) is 16.6. The van der Waals surface area contributed by atoms with Gasteiger partial charge in [0.1, 0.15) is 11.7 Å². The number of ether oxygens (including phenoxy) is 1. The Morgan fingerprint density at radius 1 is 1.11 bits per heavy atom. The lowest BCUT2D eigenvalue weighted by Crippen LogP contribution is -2.60. The number of para-hydroxylation sites is 1. The summed E-state index contributed by atoms with van der Waals surface area (Å²) in [6.07, 6.45) is 7.69. The number of benzene rings is 1. The van der Waals surface area contributed by atoms with Gasteiger partial charge in [-0.15, -0.1) is 0 Å². The number of rotatable bonds is 4. The van der Waals surface area contributed by atoms with E-state index in [0.717, 1.165) is 44.2 Å². The minimum absolute atomic E-state index is 0.110. The second-order valence-corrected chi connectivity index (χ2v) is 11.9. The van der Waals surface area contributed by atoms with Crippen molar-refractivity contribution in [2.75, 3.05) is 5.43 Å². The van der Waals surface area contributed by atoms with Crippen molar-refractivity contribution in [1.82, 2.24) is 0 Å². The molecule has 0 heterocycles. The Bertz CT molecular complexity index is 1040. The zero-order valence-corrected chi connectivity index (χ0v) is 21.5. The average Bonchev–Trinajstić information content (AvgIpc) is 3.06. The molecule has 35 heavy (non-hydrogen) atoms. The molecule has 4 aliphatic rings. The fourth-order valence-corrected chi connectivity index (χ4v) is 8.37. The van der Waals surface area contributed by atoms with Crippen LogP contribution in [0.15, 0.2) is 47.1 Å². The summed E-state index contributed by atoms with van der Waals surface area (Å²) in [7, 11) is 0. The Morgan fingerprint density at radius 3 is 2.57 bits per heavy atom. The number of carbonyl (C=O) groups is 1. The van der Waals surface area contributed by atoms with Crippen LogP contribution in [0.25, 0.3) is 0 Å². The number of hydrogen-bond acceptors (Lipinski definition) is 6. The molecule has 0 spiro atoms. The molecule has 8 atom stereocenters. The molecule has 3 N–H and O–H groups in total. The second kappa shape index (κ2) is 8.74. The smallest absolute Gasteiger partial charge is 0.303 e. The summed E-state index contributed by atoms with van der Waals surface area (Å²) in [6.45, 7) is 7.86. The molecule has 0 unspecified atom stereocenters. The van der Waals surface area contributed by atoms with E-state index in [0.29, 0.717) is 24.0 Å². The van der Waals surface area contributed by atoms with Crippen LogP contribution in [0.1, 0.15) is 72.6 Å². The zero-order chi connectivity index (χ0) is 25.0. The minimum atomic E-state index is -1.34. The molecule has 1 aromatic carbocycles. The maximum absolute atomic E-state index is 12.4. The molecule has 0 amide bonds. The van der Waals surface area contributed by atoms with Gasteiger partial charge in [-0.1, -0.05) is 43.7 Å². The standard InChI is InChI=1S/C29H40N2O4/c1-18(30-31-21-8-6-5-7-9-21)29(34)26(35-19(2)32)17-25-23-11-10-20-16-22(33)12-14-27(20,3)24(23)13-15-28(25,29)4/h5-10,22-26,31,33-34H,11-17H2,1-4H3/t22-,23-,24-,25-,26-,27+,28+,29+/m1/s1. The van der Waals surface area contributed by atoms with Gasteiger partial charge in [0.25, 0.3) is 0 Å². The number of anilines is 1. The number of carbonyl (C=O) groups excluding carboxylic acids is 1. The first-order valence-electron chi connectivity index (χ1n) is 13.2. The highest BCUT2D eigenvalue weighted by atomic mass is 16.6. The van der Waals surface area contributed by atoms with E-state index < -0.39 is 17.1 Å². The van der Waals surface area contributed by atoms with Crippen LogP contribution in [-0.4, -0.2) is 39.7 Å². The van der Waals surface area contributed by atoms with E-state index in [1.54, 1.807) is 0 Å². The molecule has 3 fully saturated rings. The van der Waals surface area contributed by atoms with Gasteiger partial charge in [0, 0.05) is 12.3 Å². The fourth-order valence-electron chi connectivity index (χ4n) is 8.37. The van der Waals surface area contributed by atoms with Crippen LogP contribution in [0.3, 0.4) is 0 Å². The highest BCUT2D eigenvalue weighted by molar-refractivity contribution is 5.93. The lowest BCUT2D eigenvalue weighted by molar-refractivity contribution is -0.161. The molecule has 3 saturated carbocycles. The number of nitrogens with zero attached hydrogens (tertiary/aromatic N) is 1. The summed E-state index contributed by atoms with van der Waals surface area (Å²) < 4.78 is 5.84. The molecule has 6 heteroatoms. The minimum Gasteiger partial charge on any atom is -0.459 e. The van der Waals surface area contributed by atoms with Gasteiger partial charge in [-0.2, -0.15) is 5.10 Å². The van der Waals surface area contributed by atoms with Crippen LogP contribution in [0.4, 0.5) is 5.69 Å². The quantitative estimate of drug-likeness (QED) is 0.242. The number of esters is 1. The van der Waals surface area contributed by atoms with Crippen molar-refractivity contribution in [2.24, 2.45) is 33.7 Å². The number of hydrazone groups is 1. The lowest BCUT2D eigenvalue weighted by atomic mass is 9.46. The summed E-state index contributed by atoms with van der Waals surface area (Å²) in [5.41, 5.74) is 4.25. The van der Waals surface area contributed by atoms with Crippen molar-refractivity contribution in [3.05, 3.63) is 42.0 Å². The van der Waals surface area contributed by atoms with Gasteiger partial charge in [0.15, 0.2) is 0 Å². The Kier molecular flexibility index (Phi) is 6.12. The molecule has 0 bridgehead atoms. The average molecular weight is 481 g/mol. The molecule has 0 aromatic heterocycles. The van der Waals surface area contributed by atoms with Crippen molar-refractivity contribution in [3.63, 3.8) is 0 Å².